The van der Waals surface area contributed by atoms with E-state index < -0.39 is 0 Å². The molecule has 0 fully saturated rings. The number of benzene rings is 3. The summed E-state index contributed by atoms with van der Waals surface area (Å²) in [5.74, 6) is 2.30. The van der Waals surface area contributed by atoms with Gasteiger partial charge in [-0.15, -0.1) is 0 Å². The summed E-state index contributed by atoms with van der Waals surface area (Å²) in [6.45, 7) is 5.60. The minimum Gasteiger partial charge on any atom is -0.493 e. The highest BCUT2D eigenvalue weighted by Gasteiger charge is 2.22. The molecule has 0 aliphatic rings. The van der Waals surface area contributed by atoms with Gasteiger partial charge in [0.15, 0.2) is 11.2 Å². The van der Waals surface area contributed by atoms with E-state index in [-0.39, 0.29) is 0 Å². The van der Waals surface area contributed by atoms with Crippen molar-refractivity contribution in [3.8, 4) is 34.4 Å². The van der Waals surface area contributed by atoms with Gasteiger partial charge in [-0.05, 0) is 61.4 Å². The molecule has 0 aliphatic heterocycles. The zero-order valence-electron chi connectivity index (χ0n) is 23.0. The lowest BCUT2D eigenvalue weighted by molar-refractivity contribution is 0.297. The molecule has 5 aromatic rings. The molecule has 5 rings (SSSR count). The third kappa shape index (κ3) is 6.89. The Kier molecular flexibility index (Phi) is 9.81. The smallest absolute Gasteiger partial charge is 0.231 e. The predicted molar refractivity (Wildman–Crippen MR) is 167 cm³/mol. The van der Waals surface area contributed by atoms with Crippen molar-refractivity contribution in [3.63, 3.8) is 0 Å². The van der Waals surface area contributed by atoms with Gasteiger partial charge < -0.3 is 18.3 Å². The van der Waals surface area contributed by atoms with Crippen LogP contribution in [-0.2, 0) is 0 Å². The van der Waals surface area contributed by atoms with Crippen LogP contribution in [0.2, 0.25) is 0 Å². The van der Waals surface area contributed by atoms with Crippen LogP contribution in [0.5, 0.6) is 11.5 Å². The molecule has 210 valence electrons. The molecule has 8 heteroatoms. The van der Waals surface area contributed by atoms with Gasteiger partial charge in [0.1, 0.15) is 22.5 Å². The molecule has 6 nitrogen and oxygen atoms in total. The van der Waals surface area contributed by atoms with Crippen molar-refractivity contribution in [1.82, 2.24) is 9.97 Å². The fraction of sp³-hybridized carbons (Fsp3) is 0.375. The van der Waals surface area contributed by atoms with Crippen LogP contribution >= 0.6 is 31.9 Å². The Balaban J connectivity index is 1.58. The molecule has 0 saturated heterocycles. The predicted octanol–water partition coefficient (Wildman–Crippen LogP) is 10.7. The molecule has 2 heterocycles. The zero-order valence-corrected chi connectivity index (χ0v) is 26.1. The van der Waals surface area contributed by atoms with E-state index in [1.54, 1.807) is 0 Å². The number of fused-ring (bicyclic) bond motifs is 2. The number of ether oxygens (including phenoxy) is 2. The van der Waals surface area contributed by atoms with Crippen molar-refractivity contribution in [2.24, 2.45) is 0 Å². The number of aromatic nitrogens is 2. The molecule has 2 aromatic heterocycles. The minimum atomic E-state index is 0.487. The molecular formula is C32H34Br2N2O4. The van der Waals surface area contributed by atoms with Gasteiger partial charge in [0.05, 0.1) is 24.3 Å². The van der Waals surface area contributed by atoms with Gasteiger partial charge in [-0.2, -0.15) is 0 Å². The Bertz CT molecular complexity index is 1460. The summed E-state index contributed by atoms with van der Waals surface area (Å²) < 4.78 is 27.1. The van der Waals surface area contributed by atoms with E-state index in [2.05, 4.69) is 45.7 Å². The monoisotopic (exact) mass is 668 g/mol. The van der Waals surface area contributed by atoms with E-state index in [0.717, 1.165) is 56.8 Å². The first kappa shape index (κ1) is 28.7. The second-order valence-corrected chi connectivity index (χ2v) is 11.8. The third-order valence-corrected chi connectivity index (χ3v) is 7.74. The normalized spacial score (nSPS) is 11.5. The van der Waals surface area contributed by atoms with Gasteiger partial charge in [0.2, 0.25) is 11.8 Å². The maximum atomic E-state index is 6.38. The van der Waals surface area contributed by atoms with Crippen LogP contribution in [0.3, 0.4) is 0 Å². The Hall–Kier alpha value is -2.84. The number of unbranched alkanes of at least 4 members (excludes halogenated alkanes) is 6. The van der Waals surface area contributed by atoms with Crippen LogP contribution in [-0.4, -0.2) is 23.2 Å². The number of oxazole rings is 2. The maximum absolute atomic E-state index is 6.38. The topological polar surface area (TPSA) is 70.5 Å². The molecule has 0 amide bonds. The number of hydrogen-bond acceptors (Lipinski definition) is 6. The fourth-order valence-corrected chi connectivity index (χ4v) is 5.26. The molecular weight excluding hydrogens is 636 g/mol. The highest BCUT2D eigenvalue weighted by Crippen LogP contribution is 2.42. The lowest BCUT2D eigenvalue weighted by atomic mass is 10.1. The first-order valence-corrected chi connectivity index (χ1v) is 15.7. The second kappa shape index (κ2) is 13.7. The van der Waals surface area contributed by atoms with E-state index in [1.165, 1.54) is 25.7 Å². The average molecular weight is 670 g/mol. The summed E-state index contributed by atoms with van der Waals surface area (Å²) in [6.07, 6.45) is 8.89. The van der Waals surface area contributed by atoms with Crippen LogP contribution in [0.1, 0.15) is 65.2 Å². The van der Waals surface area contributed by atoms with Crippen molar-refractivity contribution in [2.45, 2.75) is 65.2 Å². The van der Waals surface area contributed by atoms with E-state index in [9.17, 15) is 0 Å². The van der Waals surface area contributed by atoms with E-state index >= 15 is 0 Å². The van der Waals surface area contributed by atoms with Gasteiger partial charge in [-0.1, -0.05) is 84.2 Å². The number of rotatable bonds is 14. The minimum absolute atomic E-state index is 0.487. The summed E-state index contributed by atoms with van der Waals surface area (Å²) in [7, 11) is 0. The zero-order chi connectivity index (χ0) is 27.9. The summed E-state index contributed by atoms with van der Waals surface area (Å²) in [6, 6.07) is 15.6. The van der Waals surface area contributed by atoms with Gasteiger partial charge in [0, 0.05) is 8.95 Å². The summed E-state index contributed by atoms with van der Waals surface area (Å²) in [5, 5.41) is 0. The highest BCUT2D eigenvalue weighted by atomic mass is 79.9. The van der Waals surface area contributed by atoms with E-state index in [1.807, 2.05) is 48.5 Å². The third-order valence-electron chi connectivity index (χ3n) is 6.75. The Labute approximate surface area is 251 Å². The molecule has 0 radical (unpaired) electrons. The lowest BCUT2D eigenvalue weighted by Crippen LogP contribution is -2.03. The summed E-state index contributed by atoms with van der Waals surface area (Å²) in [5.41, 5.74) is 4.45. The van der Waals surface area contributed by atoms with Crippen molar-refractivity contribution in [2.75, 3.05) is 13.2 Å². The quantitative estimate of drug-likeness (QED) is 0.110. The second-order valence-electron chi connectivity index (χ2n) is 9.92. The Morgan fingerprint density at radius 1 is 0.600 bits per heavy atom. The first-order chi connectivity index (χ1) is 19.6. The fourth-order valence-electron chi connectivity index (χ4n) is 4.58. The van der Waals surface area contributed by atoms with Gasteiger partial charge >= 0.3 is 0 Å². The molecule has 0 unspecified atom stereocenters. The standard InChI is InChI=1S/C32H34Br2N2O4/c1-3-5-7-9-15-37-27-19-24(32-36-26-14-12-22(34)18-30(26)40-32)28(38-16-10-8-6-4-2)20-23(27)31-35-25-13-11-21(33)17-29(25)39-31/h11-14,17-20H,3-10,15-16H2,1-2H3. The highest BCUT2D eigenvalue weighted by molar-refractivity contribution is 9.10. The van der Waals surface area contributed by atoms with Gasteiger partial charge in [0.25, 0.3) is 0 Å². The molecule has 0 bridgehead atoms. The summed E-state index contributed by atoms with van der Waals surface area (Å²) in [4.78, 5) is 9.57. The molecule has 0 spiro atoms. The maximum Gasteiger partial charge on any atom is 0.231 e. The number of halogens is 2. The van der Waals surface area contributed by atoms with Crippen LogP contribution in [0, 0.1) is 0 Å². The largest absolute Gasteiger partial charge is 0.493 e. The van der Waals surface area contributed by atoms with Crippen molar-refractivity contribution in [3.05, 3.63) is 57.5 Å². The SMILES string of the molecule is CCCCCCOc1cc(-c2nc3ccc(Br)cc3o2)c(OCCCCCC)cc1-c1nc2ccc(Br)cc2o1. The first-order valence-electron chi connectivity index (χ1n) is 14.1. The molecule has 0 atom stereocenters. The van der Waals surface area contributed by atoms with Crippen LogP contribution in [0.15, 0.2) is 66.3 Å². The van der Waals surface area contributed by atoms with Crippen LogP contribution in [0.25, 0.3) is 45.1 Å². The van der Waals surface area contributed by atoms with Crippen LogP contribution < -0.4 is 9.47 Å². The number of hydrogen-bond donors (Lipinski definition) is 0. The van der Waals surface area contributed by atoms with Crippen molar-refractivity contribution < 1.29 is 18.3 Å². The Morgan fingerprint density at radius 3 is 1.48 bits per heavy atom. The van der Waals surface area contributed by atoms with Crippen molar-refractivity contribution >= 4 is 54.1 Å². The number of nitrogens with zero attached hydrogens (tertiary/aromatic N) is 2. The molecule has 3 aromatic carbocycles. The van der Waals surface area contributed by atoms with Crippen LogP contribution in [0.4, 0.5) is 0 Å². The van der Waals surface area contributed by atoms with E-state index in [4.69, 9.17) is 28.3 Å². The molecule has 0 N–H and O–H groups in total. The van der Waals surface area contributed by atoms with Crippen molar-refractivity contribution in [1.29, 1.82) is 0 Å². The lowest BCUT2D eigenvalue weighted by Gasteiger charge is -2.15. The molecule has 0 aliphatic carbocycles. The van der Waals surface area contributed by atoms with Gasteiger partial charge in [-0.25, -0.2) is 9.97 Å². The Morgan fingerprint density at radius 2 is 1.05 bits per heavy atom. The van der Waals surface area contributed by atoms with Gasteiger partial charge in [-0.3, -0.25) is 0 Å². The average Bonchev–Trinajstić information content (AvgIpc) is 3.56. The molecule has 0 saturated carbocycles. The summed E-state index contributed by atoms with van der Waals surface area (Å²) >= 11 is 7.05. The molecule has 40 heavy (non-hydrogen) atoms. The van der Waals surface area contributed by atoms with E-state index in [0.29, 0.717) is 47.7 Å².